The number of amides is 1. The van der Waals surface area contributed by atoms with Gasteiger partial charge in [-0.3, -0.25) is 9.59 Å². The molecule has 6 rings (SSSR count). The van der Waals surface area contributed by atoms with E-state index in [1.54, 1.807) is 6.20 Å². The molecule has 4 aromatic rings. The normalized spacial score (nSPS) is 15.4. The maximum absolute atomic E-state index is 13.7. The number of fused-ring (bicyclic) bond motifs is 1. The van der Waals surface area contributed by atoms with Gasteiger partial charge in [0.15, 0.2) is 0 Å². The summed E-state index contributed by atoms with van der Waals surface area (Å²) < 4.78 is 27.7. The van der Waals surface area contributed by atoms with Crippen LogP contribution in [0.1, 0.15) is 110 Å². The average molecular weight is 821 g/mol. The first-order valence-electron chi connectivity index (χ1n) is 21.9. The van der Waals surface area contributed by atoms with Crippen LogP contribution in [-0.2, 0) is 47.7 Å². The molecule has 1 fully saturated rings. The Bertz CT molecular complexity index is 1960. The van der Waals surface area contributed by atoms with Crippen molar-refractivity contribution >= 4 is 17.6 Å². The number of nitrogens with zero attached hydrogens (tertiary/aromatic N) is 3. The van der Waals surface area contributed by atoms with Crippen LogP contribution in [0, 0.1) is 0 Å². The van der Waals surface area contributed by atoms with Crippen LogP contribution in [0.25, 0.3) is 11.3 Å². The molecular formula is C49H64N4O7. The lowest BCUT2D eigenvalue weighted by atomic mass is 9.87. The predicted octanol–water partition coefficient (Wildman–Crippen LogP) is 8.26. The molecule has 1 N–H and O–H groups in total. The van der Waals surface area contributed by atoms with Gasteiger partial charge in [-0.05, 0) is 125 Å². The fourth-order valence-corrected chi connectivity index (χ4v) is 7.88. The number of aryl methyl sites for hydroxylation is 2. The Morgan fingerprint density at radius 2 is 1.48 bits per heavy atom. The molecule has 11 nitrogen and oxygen atoms in total. The van der Waals surface area contributed by atoms with Crippen LogP contribution < -0.4 is 10.2 Å². The van der Waals surface area contributed by atoms with Crippen molar-refractivity contribution in [3.8, 4) is 11.3 Å². The fourth-order valence-electron chi connectivity index (χ4n) is 7.88. The molecule has 0 bridgehead atoms. The zero-order valence-corrected chi connectivity index (χ0v) is 35.9. The molecule has 3 aromatic carbocycles. The molecule has 2 aliphatic rings. The second-order valence-corrected chi connectivity index (χ2v) is 16.7. The molecule has 11 heteroatoms. The Morgan fingerprint density at radius 1 is 0.767 bits per heavy atom. The summed E-state index contributed by atoms with van der Waals surface area (Å²) in [5.74, 6) is -0.382. The van der Waals surface area contributed by atoms with E-state index in [1.165, 1.54) is 47.2 Å². The smallest absolute Gasteiger partial charge is 0.308 e. The average Bonchev–Trinajstić information content (AvgIpc) is 3.25. The van der Waals surface area contributed by atoms with Gasteiger partial charge >= 0.3 is 5.97 Å². The number of anilines is 1. The third kappa shape index (κ3) is 14.5. The highest BCUT2D eigenvalue weighted by Gasteiger charge is 2.23. The van der Waals surface area contributed by atoms with E-state index < -0.39 is 5.60 Å². The number of carbonyl (C=O) groups is 2. The zero-order valence-electron chi connectivity index (χ0n) is 35.9. The van der Waals surface area contributed by atoms with Crippen molar-refractivity contribution in [2.24, 2.45) is 0 Å². The van der Waals surface area contributed by atoms with E-state index in [2.05, 4.69) is 87.1 Å². The number of hydrogen-bond donors (Lipinski definition) is 1. The number of aromatic nitrogens is 2. The van der Waals surface area contributed by atoms with Crippen LogP contribution in [-0.4, -0.2) is 93.6 Å². The second-order valence-electron chi connectivity index (χ2n) is 16.7. The van der Waals surface area contributed by atoms with Gasteiger partial charge in [0.1, 0.15) is 5.60 Å². The van der Waals surface area contributed by atoms with E-state index in [1.807, 2.05) is 26.8 Å². The summed E-state index contributed by atoms with van der Waals surface area (Å²) in [7, 11) is 0. The van der Waals surface area contributed by atoms with E-state index in [4.69, 9.17) is 23.7 Å². The van der Waals surface area contributed by atoms with Crippen molar-refractivity contribution in [1.29, 1.82) is 0 Å². The second kappa shape index (κ2) is 23.4. The Hall–Kier alpha value is -4.68. The van der Waals surface area contributed by atoms with Gasteiger partial charge in [0.25, 0.3) is 5.91 Å². The standard InChI is InChI=1S/C49H64N4O7/c1-49(2,3)60-47(54)21-25-57-27-29-59-31-30-58-28-26-56-24-11-14-37-12-9-13-38(32-37)33-40-19-20-42(53-22-7-4-8-23-53)35-44(40)46-34-41(36-50-52-46)48(55)51-45-18-10-16-39-15-5-6-17-43(39)45/h5-6,9,12-13,15,17,19-20,32,34-36,45H,4,7-8,10-11,14,16,18,21-31,33H2,1-3H3,(H,51,55)/t45-/m0/s1. The molecule has 0 saturated carbocycles. The molecule has 0 radical (unpaired) electrons. The van der Waals surface area contributed by atoms with Crippen LogP contribution in [0.5, 0.6) is 0 Å². The van der Waals surface area contributed by atoms with Gasteiger partial charge in [-0.2, -0.15) is 10.2 Å². The topological polar surface area (TPSA) is 121 Å². The van der Waals surface area contributed by atoms with Crippen LogP contribution in [0.15, 0.2) is 79.0 Å². The summed E-state index contributed by atoms with van der Waals surface area (Å²) in [4.78, 5) is 27.9. The van der Waals surface area contributed by atoms with Crippen molar-refractivity contribution in [2.45, 2.75) is 96.6 Å². The minimum atomic E-state index is -0.481. The van der Waals surface area contributed by atoms with Gasteiger partial charge < -0.3 is 33.9 Å². The number of hydrogen-bond acceptors (Lipinski definition) is 10. The van der Waals surface area contributed by atoms with Crippen LogP contribution in [0.4, 0.5) is 5.69 Å². The molecule has 2 heterocycles. The summed E-state index contributed by atoms with van der Waals surface area (Å²) in [6.45, 7) is 11.5. The third-order valence-corrected chi connectivity index (χ3v) is 10.8. The van der Waals surface area contributed by atoms with Crippen molar-refractivity contribution in [2.75, 3.05) is 70.8 Å². The Kier molecular flexibility index (Phi) is 17.5. The highest BCUT2D eigenvalue weighted by Crippen LogP contribution is 2.32. The minimum absolute atomic E-state index is 0.00946. The summed E-state index contributed by atoms with van der Waals surface area (Å²) in [5.41, 5.74) is 9.12. The van der Waals surface area contributed by atoms with Gasteiger partial charge in [0.2, 0.25) is 0 Å². The van der Waals surface area contributed by atoms with Gasteiger partial charge in [0.05, 0.1) is 76.2 Å². The van der Waals surface area contributed by atoms with Crippen LogP contribution in [0.3, 0.4) is 0 Å². The Labute approximate surface area is 356 Å². The van der Waals surface area contributed by atoms with Crippen molar-refractivity contribution in [3.63, 3.8) is 0 Å². The number of ether oxygens (including phenoxy) is 5. The maximum Gasteiger partial charge on any atom is 0.308 e. The summed E-state index contributed by atoms with van der Waals surface area (Å²) in [6, 6.07) is 25.8. The first-order valence-corrected chi connectivity index (χ1v) is 21.9. The van der Waals surface area contributed by atoms with Gasteiger partial charge in [-0.15, -0.1) is 0 Å². The molecule has 1 aliphatic carbocycles. The lowest BCUT2D eigenvalue weighted by Crippen LogP contribution is -2.31. The number of rotatable bonds is 22. The molecular weight excluding hydrogens is 757 g/mol. The SMILES string of the molecule is CC(C)(C)OC(=O)CCOCCOCCOCCOCCCc1cccc(Cc2ccc(N3CCCCC3)cc2-c2cc(C(=O)N[C@H]3CCCc4ccccc43)cnn2)c1. The quantitative estimate of drug-likeness (QED) is 0.0613. The van der Waals surface area contributed by atoms with Crippen LogP contribution >= 0.6 is 0 Å². The minimum Gasteiger partial charge on any atom is -0.460 e. The molecule has 1 aromatic heterocycles. The zero-order chi connectivity index (χ0) is 42.0. The number of piperidine rings is 1. The van der Waals surface area contributed by atoms with Crippen molar-refractivity contribution in [3.05, 3.63) is 112 Å². The van der Waals surface area contributed by atoms with Gasteiger partial charge in [-0.25, -0.2) is 0 Å². The highest BCUT2D eigenvalue weighted by atomic mass is 16.6. The van der Waals surface area contributed by atoms with Crippen LogP contribution in [0.2, 0.25) is 0 Å². The van der Waals surface area contributed by atoms with Crippen molar-refractivity contribution in [1.82, 2.24) is 15.5 Å². The number of esters is 1. The molecule has 1 atom stereocenters. The Balaban J connectivity index is 0.957. The molecule has 322 valence electrons. The number of benzene rings is 3. The predicted molar refractivity (Wildman–Crippen MR) is 234 cm³/mol. The molecule has 1 amide bonds. The van der Waals surface area contributed by atoms with E-state index >= 15 is 0 Å². The summed E-state index contributed by atoms with van der Waals surface area (Å²) in [5, 5.41) is 12.3. The molecule has 0 unspecified atom stereocenters. The van der Waals surface area contributed by atoms with E-state index in [0.29, 0.717) is 64.1 Å². The number of nitrogens with one attached hydrogen (secondary N) is 1. The van der Waals surface area contributed by atoms with Gasteiger partial charge in [-0.1, -0.05) is 54.6 Å². The highest BCUT2D eigenvalue weighted by molar-refractivity contribution is 5.95. The summed E-state index contributed by atoms with van der Waals surface area (Å²) in [6.07, 6.45) is 11.0. The lowest BCUT2D eigenvalue weighted by Gasteiger charge is -2.29. The van der Waals surface area contributed by atoms with Gasteiger partial charge in [0, 0.05) is 30.9 Å². The lowest BCUT2D eigenvalue weighted by molar-refractivity contribution is -0.156. The maximum atomic E-state index is 13.7. The molecule has 60 heavy (non-hydrogen) atoms. The van der Waals surface area contributed by atoms with Crippen molar-refractivity contribution < 1.29 is 33.3 Å². The first kappa shape index (κ1) is 44.9. The Morgan fingerprint density at radius 3 is 2.25 bits per heavy atom. The molecule has 0 spiro atoms. The van der Waals surface area contributed by atoms with E-state index in [9.17, 15) is 9.59 Å². The van der Waals surface area contributed by atoms with E-state index in [-0.39, 0.29) is 24.3 Å². The number of carbonyl (C=O) groups excluding carboxylic acids is 2. The largest absolute Gasteiger partial charge is 0.460 e. The fraction of sp³-hybridized carbons (Fsp3) is 0.510. The summed E-state index contributed by atoms with van der Waals surface area (Å²) >= 11 is 0. The van der Waals surface area contributed by atoms with E-state index in [0.717, 1.165) is 62.7 Å². The first-order chi connectivity index (χ1) is 29.2. The third-order valence-electron chi connectivity index (χ3n) is 10.8. The molecule has 1 saturated heterocycles. The monoisotopic (exact) mass is 820 g/mol. The molecule has 1 aliphatic heterocycles.